The van der Waals surface area contributed by atoms with Crippen molar-refractivity contribution in [3.63, 3.8) is 0 Å². The summed E-state index contributed by atoms with van der Waals surface area (Å²) >= 11 is 1.43. The molecular formula is C11H14O2S. The zero-order chi connectivity index (χ0) is 10.6. The van der Waals surface area contributed by atoms with Crippen LogP contribution in [0.2, 0.25) is 0 Å². The van der Waals surface area contributed by atoms with Crippen LogP contribution < -0.4 is 0 Å². The largest absolute Gasteiger partial charge is 0.250 e. The normalized spacial score (nSPS) is 14.8. The maximum atomic E-state index is 8.84. The van der Waals surface area contributed by atoms with Gasteiger partial charge in [0, 0.05) is 4.90 Å². The van der Waals surface area contributed by atoms with Gasteiger partial charge in [-0.25, -0.2) is 4.89 Å². The molecule has 0 amide bonds. The molecule has 1 rings (SSSR count). The Morgan fingerprint density at radius 3 is 2.43 bits per heavy atom. The van der Waals surface area contributed by atoms with Crippen molar-refractivity contribution in [1.82, 2.24) is 0 Å². The van der Waals surface area contributed by atoms with Gasteiger partial charge in [0.2, 0.25) is 0 Å². The van der Waals surface area contributed by atoms with Gasteiger partial charge in [-0.15, -0.1) is 0 Å². The van der Waals surface area contributed by atoms with Crippen molar-refractivity contribution in [3.8, 4) is 0 Å². The van der Waals surface area contributed by atoms with Gasteiger partial charge in [0.05, 0.1) is 0 Å². The fourth-order valence-electron chi connectivity index (χ4n) is 0.897. The van der Waals surface area contributed by atoms with E-state index < -0.39 is 4.93 Å². The maximum Gasteiger partial charge on any atom is 0.171 e. The number of hydrogen-bond acceptors (Lipinski definition) is 3. The molecule has 0 heterocycles. The van der Waals surface area contributed by atoms with Crippen LogP contribution in [-0.4, -0.2) is 10.2 Å². The minimum atomic E-state index is -0.776. The van der Waals surface area contributed by atoms with E-state index in [0.29, 0.717) is 0 Å². The quantitative estimate of drug-likeness (QED) is 0.271. The SMILES string of the molecule is C=C(C)C(C)(OO)Sc1ccccc1. The molecule has 0 aromatic heterocycles. The Balaban J connectivity index is 2.81. The van der Waals surface area contributed by atoms with Gasteiger partial charge in [-0.1, -0.05) is 36.5 Å². The predicted octanol–water partition coefficient (Wildman–Crippen LogP) is 3.56. The monoisotopic (exact) mass is 210 g/mol. The lowest BCUT2D eigenvalue weighted by atomic mass is 10.2. The molecule has 0 spiro atoms. The molecule has 2 nitrogen and oxygen atoms in total. The first kappa shape index (κ1) is 11.3. The summed E-state index contributed by atoms with van der Waals surface area (Å²) in [6.07, 6.45) is 0. The Hall–Kier alpha value is -0.770. The zero-order valence-corrected chi connectivity index (χ0v) is 9.17. The third-order valence-electron chi connectivity index (χ3n) is 2.01. The van der Waals surface area contributed by atoms with Gasteiger partial charge in [0.1, 0.15) is 0 Å². The molecule has 0 bridgehead atoms. The van der Waals surface area contributed by atoms with Crippen LogP contribution in [0.25, 0.3) is 0 Å². The van der Waals surface area contributed by atoms with Gasteiger partial charge in [-0.05, 0) is 31.6 Å². The standard InChI is InChI=1S/C11H14O2S/c1-9(2)11(3,13-12)14-10-7-5-4-6-8-10/h4-8,12H,1H2,2-3H3. The molecule has 1 aromatic rings. The van der Waals surface area contributed by atoms with Gasteiger partial charge < -0.3 is 0 Å². The van der Waals surface area contributed by atoms with E-state index in [1.54, 1.807) is 6.92 Å². The van der Waals surface area contributed by atoms with Gasteiger partial charge in [-0.2, -0.15) is 0 Å². The lowest BCUT2D eigenvalue weighted by Gasteiger charge is -2.25. The van der Waals surface area contributed by atoms with Crippen LogP contribution in [0.15, 0.2) is 47.4 Å². The van der Waals surface area contributed by atoms with E-state index in [2.05, 4.69) is 11.5 Å². The second-order valence-corrected chi connectivity index (χ2v) is 4.69. The average molecular weight is 210 g/mol. The molecule has 0 radical (unpaired) electrons. The third-order valence-corrected chi connectivity index (χ3v) is 3.33. The molecule has 1 atom stereocenters. The molecule has 3 heteroatoms. The molecule has 0 saturated carbocycles. The fraction of sp³-hybridized carbons (Fsp3) is 0.273. The summed E-state index contributed by atoms with van der Waals surface area (Å²) in [4.78, 5) is 4.72. The van der Waals surface area contributed by atoms with E-state index in [-0.39, 0.29) is 0 Å². The second-order valence-electron chi connectivity index (χ2n) is 3.23. The summed E-state index contributed by atoms with van der Waals surface area (Å²) in [5, 5.41) is 8.84. The highest BCUT2D eigenvalue weighted by molar-refractivity contribution is 8.00. The molecule has 1 unspecified atom stereocenters. The van der Waals surface area contributed by atoms with E-state index in [4.69, 9.17) is 5.26 Å². The van der Waals surface area contributed by atoms with Crippen LogP contribution in [0, 0.1) is 0 Å². The molecule has 1 N–H and O–H groups in total. The lowest BCUT2D eigenvalue weighted by molar-refractivity contribution is -0.276. The van der Waals surface area contributed by atoms with Crippen molar-refractivity contribution in [2.75, 3.05) is 0 Å². The van der Waals surface area contributed by atoms with E-state index in [9.17, 15) is 0 Å². The molecule has 1 aromatic carbocycles. The van der Waals surface area contributed by atoms with Gasteiger partial charge >= 0.3 is 0 Å². The van der Waals surface area contributed by atoms with Gasteiger partial charge in [-0.3, -0.25) is 5.26 Å². The highest BCUT2D eigenvalue weighted by Gasteiger charge is 2.28. The van der Waals surface area contributed by atoms with Gasteiger partial charge in [0.25, 0.3) is 0 Å². The second kappa shape index (κ2) is 4.64. The van der Waals surface area contributed by atoms with Crippen LogP contribution in [0.4, 0.5) is 0 Å². The first-order valence-electron chi connectivity index (χ1n) is 4.31. The Bertz CT molecular complexity index is 310. The van der Waals surface area contributed by atoms with E-state index >= 15 is 0 Å². The number of thioether (sulfide) groups is 1. The van der Waals surface area contributed by atoms with E-state index in [0.717, 1.165) is 10.5 Å². The molecule has 0 aliphatic rings. The van der Waals surface area contributed by atoms with Crippen LogP contribution in [-0.2, 0) is 4.89 Å². The number of rotatable bonds is 4. The number of hydrogen-bond donors (Lipinski definition) is 1. The minimum Gasteiger partial charge on any atom is -0.250 e. The topological polar surface area (TPSA) is 29.5 Å². The van der Waals surface area contributed by atoms with Crippen molar-refractivity contribution in [2.24, 2.45) is 0 Å². The van der Waals surface area contributed by atoms with Crippen molar-refractivity contribution >= 4 is 11.8 Å². The van der Waals surface area contributed by atoms with Crippen LogP contribution in [0.5, 0.6) is 0 Å². The van der Waals surface area contributed by atoms with Crippen LogP contribution >= 0.6 is 11.8 Å². The molecule has 14 heavy (non-hydrogen) atoms. The molecule has 76 valence electrons. The summed E-state index contributed by atoms with van der Waals surface area (Å²) in [6, 6.07) is 9.76. The summed E-state index contributed by atoms with van der Waals surface area (Å²) in [7, 11) is 0. The minimum absolute atomic E-state index is 0.772. The smallest absolute Gasteiger partial charge is 0.171 e. The Morgan fingerprint density at radius 2 is 2.00 bits per heavy atom. The average Bonchev–Trinajstić information content (AvgIpc) is 2.19. The summed E-state index contributed by atoms with van der Waals surface area (Å²) in [5.41, 5.74) is 0.772. The molecule has 0 aliphatic heterocycles. The third kappa shape index (κ3) is 2.61. The Kier molecular flexibility index (Phi) is 3.75. The summed E-state index contributed by atoms with van der Waals surface area (Å²) < 4.78 is 0. The first-order chi connectivity index (χ1) is 6.58. The molecule has 0 saturated heterocycles. The first-order valence-corrected chi connectivity index (χ1v) is 5.13. The zero-order valence-electron chi connectivity index (χ0n) is 8.36. The maximum absolute atomic E-state index is 8.84. The molecular weight excluding hydrogens is 196 g/mol. The van der Waals surface area contributed by atoms with Gasteiger partial charge in [0.15, 0.2) is 4.93 Å². The van der Waals surface area contributed by atoms with E-state index in [1.165, 1.54) is 11.8 Å². The summed E-state index contributed by atoms with van der Waals surface area (Å²) in [5.74, 6) is 0. The highest BCUT2D eigenvalue weighted by Crippen LogP contribution is 2.37. The number of benzene rings is 1. The van der Waals surface area contributed by atoms with Crippen LogP contribution in [0.1, 0.15) is 13.8 Å². The Morgan fingerprint density at radius 1 is 1.43 bits per heavy atom. The lowest BCUT2D eigenvalue weighted by Crippen LogP contribution is -2.23. The van der Waals surface area contributed by atoms with E-state index in [1.807, 2.05) is 37.3 Å². The van der Waals surface area contributed by atoms with Crippen molar-refractivity contribution in [3.05, 3.63) is 42.5 Å². The fourth-order valence-corrected chi connectivity index (χ4v) is 1.85. The predicted molar refractivity (Wildman–Crippen MR) is 59.2 cm³/mol. The molecule has 0 fully saturated rings. The van der Waals surface area contributed by atoms with Crippen molar-refractivity contribution in [2.45, 2.75) is 23.7 Å². The van der Waals surface area contributed by atoms with Crippen molar-refractivity contribution < 1.29 is 10.1 Å². The molecule has 0 aliphatic carbocycles. The highest BCUT2D eigenvalue weighted by atomic mass is 32.2. The summed E-state index contributed by atoms with van der Waals surface area (Å²) in [6.45, 7) is 7.40. The Labute approximate surface area is 88.5 Å². The van der Waals surface area contributed by atoms with Crippen molar-refractivity contribution in [1.29, 1.82) is 0 Å². The van der Waals surface area contributed by atoms with Crippen LogP contribution in [0.3, 0.4) is 0 Å².